The molecule has 1 N–H and O–H groups in total. The summed E-state index contributed by atoms with van der Waals surface area (Å²) in [7, 11) is 0. The third-order valence-corrected chi connectivity index (χ3v) is 5.55. The Balaban J connectivity index is 2.33. The number of nitrogens with zero attached hydrogens (tertiary/aromatic N) is 2. The normalized spacial score (nSPS) is 13.1. The van der Waals surface area contributed by atoms with E-state index in [1.54, 1.807) is 0 Å². The van der Waals surface area contributed by atoms with Crippen LogP contribution >= 0.6 is 34.5 Å². The molecule has 3 aromatic rings. The Morgan fingerprint density at radius 3 is 2.31 bits per heavy atom. The van der Waals surface area contributed by atoms with Crippen LogP contribution in [0.4, 0.5) is 13.2 Å². The van der Waals surface area contributed by atoms with Gasteiger partial charge in [-0.25, -0.2) is 18.0 Å². The molecule has 0 aliphatic rings. The highest BCUT2D eigenvalue weighted by molar-refractivity contribution is 7.16. The van der Waals surface area contributed by atoms with Gasteiger partial charge in [-0.15, -0.1) is 0 Å². The summed E-state index contributed by atoms with van der Waals surface area (Å²) >= 11 is 12.3. The van der Waals surface area contributed by atoms with Crippen molar-refractivity contribution < 1.29 is 27.9 Å². The summed E-state index contributed by atoms with van der Waals surface area (Å²) in [6.07, 6.45) is 0.0200. The number of hydrogen-bond donors (Lipinski definition) is 1. The molecule has 0 saturated carbocycles. The fourth-order valence-corrected chi connectivity index (χ4v) is 4.36. The predicted molar refractivity (Wildman–Crippen MR) is 103 cm³/mol. The van der Waals surface area contributed by atoms with E-state index in [0.29, 0.717) is 17.4 Å². The van der Waals surface area contributed by atoms with Crippen molar-refractivity contribution in [2.24, 2.45) is 4.99 Å². The average molecular weight is 463 g/mol. The van der Waals surface area contributed by atoms with E-state index in [9.17, 15) is 27.9 Å². The molecule has 11 heteroatoms. The number of carboxylic acids is 1. The number of aromatic nitrogens is 1. The van der Waals surface area contributed by atoms with Crippen LogP contribution in [-0.2, 0) is 4.79 Å². The van der Waals surface area contributed by atoms with Gasteiger partial charge in [0.1, 0.15) is 6.04 Å². The maximum Gasteiger partial charge on any atom is 0.326 e. The number of benzene rings is 2. The topological polar surface area (TPSA) is 71.7 Å². The number of thiazole rings is 1. The van der Waals surface area contributed by atoms with Gasteiger partial charge in [0.05, 0.1) is 10.2 Å². The first kappa shape index (κ1) is 21.4. The van der Waals surface area contributed by atoms with Gasteiger partial charge in [-0.05, 0) is 24.6 Å². The Morgan fingerprint density at radius 1 is 1.14 bits per heavy atom. The molecule has 1 atom stereocenters. The zero-order valence-corrected chi connectivity index (χ0v) is 16.9. The Bertz CT molecular complexity index is 1200. The Morgan fingerprint density at radius 2 is 1.76 bits per heavy atom. The van der Waals surface area contributed by atoms with Gasteiger partial charge >= 0.3 is 5.97 Å². The number of carbonyl (C=O) groups is 2. The molecule has 0 fully saturated rings. The maximum atomic E-state index is 14.3. The van der Waals surface area contributed by atoms with Crippen molar-refractivity contribution in [3.05, 3.63) is 62.1 Å². The molecule has 0 bridgehead atoms. The van der Waals surface area contributed by atoms with Gasteiger partial charge in [0.2, 0.25) is 0 Å². The van der Waals surface area contributed by atoms with E-state index < -0.39 is 35.4 Å². The first-order valence-electron chi connectivity index (χ1n) is 8.10. The molecule has 1 heterocycles. The summed E-state index contributed by atoms with van der Waals surface area (Å²) in [5.41, 5.74) is -0.218. The standard InChI is InChI=1S/C18H11Cl2F3N2O3S/c1-2-11(17(27)28)25-12-6-10(21)13(22)14(23)15(12)29-18(25)24-16(26)7-3-8(19)5-9(20)4-7/h3-6,11H,2H2,1H3,(H,27,28)/b24-18-. The molecule has 0 radical (unpaired) electrons. The summed E-state index contributed by atoms with van der Waals surface area (Å²) in [5.74, 6) is -6.82. The second kappa shape index (κ2) is 8.17. The molecule has 29 heavy (non-hydrogen) atoms. The Hall–Kier alpha value is -2.36. The molecule has 152 valence electrons. The van der Waals surface area contributed by atoms with E-state index in [0.717, 1.165) is 4.57 Å². The van der Waals surface area contributed by atoms with E-state index in [1.807, 2.05) is 0 Å². The van der Waals surface area contributed by atoms with Gasteiger partial charge in [-0.3, -0.25) is 4.79 Å². The van der Waals surface area contributed by atoms with Crippen LogP contribution in [0.5, 0.6) is 0 Å². The van der Waals surface area contributed by atoms with Crippen molar-refractivity contribution in [3.8, 4) is 0 Å². The highest BCUT2D eigenvalue weighted by atomic mass is 35.5. The third kappa shape index (κ3) is 4.03. The average Bonchev–Trinajstić information content (AvgIpc) is 2.97. The molecule has 1 aromatic heterocycles. The summed E-state index contributed by atoms with van der Waals surface area (Å²) in [4.78, 5) is 27.8. The number of rotatable bonds is 4. The number of halogens is 5. The van der Waals surface area contributed by atoms with E-state index in [4.69, 9.17) is 23.2 Å². The monoisotopic (exact) mass is 462 g/mol. The molecule has 1 unspecified atom stereocenters. The fraction of sp³-hybridized carbons (Fsp3) is 0.167. The van der Waals surface area contributed by atoms with Crippen LogP contribution in [0.15, 0.2) is 29.3 Å². The van der Waals surface area contributed by atoms with E-state index in [1.165, 1.54) is 25.1 Å². The van der Waals surface area contributed by atoms with Crippen molar-refractivity contribution in [2.45, 2.75) is 19.4 Å². The molecule has 1 amide bonds. The van der Waals surface area contributed by atoms with Crippen LogP contribution in [-0.4, -0.2) is 21.6 Å². The van der Waals surface area contributed by atoms with Crippen molar-refractivity contribution >= 4 is 56.6 Å². The van der Waals surface area contributed by atoms with Crippen LogP contribution < -0.4 is 4.80 Å². The lowest BCUT2D eigenvalue weighted by Crippen LogP contribution is -2.27. The molecule has 5 nitrogen and oxygen atoms in total. The van der Waals surface area contributed by atoms with Crippen molar-refractivity contribution in [2.75, 3.05) is 0 Å². The van der Waals surface area contributed by atoms with Gasteiger partial charge in [-0.2, -0.15) is 4.99 Å². The minimum absolute atomic E-state index is 0.00714. The number of carbonyl (C=O) groups excluding carboxylic acids is 1. The molecular weight excluding hydrogens is 452 g/mol. The zero-order chi connectivity index (χ0) is 21.5. The smallest absolute Gasteiger partial charge is 0.326 e. The lowest BCUT2D eigenvalue weighted by molar-refractivity contribution is -0.140. The number of hydrogen-bond acceptors (Lipinski definition) is 3. The maximum absolute atomic E-state index is 14.3. The summed E-state index contributed by atoms with van der Waals surface area (Å²) in [5, 5.41) is 9.85. The highest BCUT2D eigenvalue weighted by Gasteiger charge is 2.26. The largest absolute Gasteiger partial charge is 0.480 e. The quantitative estimate of drug-likeness (QED) is 0.541. The number of aliphatic carboxylic acids is 1. The molecule has 0 aliphatic carbocycles. The summed E-state index contributed by atoms with van der Waals surface area (Å²) in [6, 6.07) is 3.38. The van der Waals surface area contributed by atoms with Crippen LogP contribution in [0.3, 0.4) is 0 Å². The number of fused-ring (bicyclic) bond motifs is 1. The number of amides is 1. The second-order valence-electron chi connectivity index (χ2n) is 5.93. The second-order valence-corrected chi connectivity index (χ2v) is 7.78. The molecule has 0 aliphatic heterocycles. The highest BCUT2D eigenvalue weighted by Crippen LogP contribution is 2.28. The molecule has 2 aromatic carbocycles. The van der Waals surface area contributed by atoms with E-state index in [2.05, 4.69) is 4.99 Å². The SMILES string of the molecule is CCC(C(=O)O)n1/c(=N/C(=O)c2cc(Cl)cc(Cl)c2)sc2c(F)c(F)c(F)cc21. The predicted octanol–water partition coefficient (Wildman–Crippen LogP) is 5.20. The van der Waals surface area contributed by atoms with Crippen molar-refractivity contribution in [1.82, 2.24) is 4.57 Å². The van der Waals surface area contributed by atoms with Gasteiger partial charge in [-0.1, -0.05) is 41.5 Å². The van der Waals surface area contributed by atoms with Gasteiger partial charge in [0, 0.05) is 21.7 Å². The molecule has 0 saturated heterocycles. The molecule has 0 spiro atoms. The fourth-order valence-electron chi connectivity index (χ4n) is 2.76. The third-order valence-electron chi connectivity index (χ3n) is 4.05. The summed E-state index contributed by atoms with van der Waals surface area (Å²) in [6.45, 7) is 1.54. The lowest BCUT2D eigenvalue weighted by atomic mass is 10.2. The zero-order valence-electron chi connectivity index (χ0n) is 14.6. The van der Waals surface area contributed by atoms with Gasteiger partial charge in [0.15, 0.2) is 22.3 Å². The number of carboxylic acid groups (broad SMARTS) is 1. The van der Waals surface area contributed by atoms with Crippen LogP contribution in [0, 0.1) is 17.5 Å². The van der Waals surface area contributed by atoms with Crippen molar-refractivity contribution in [3.63, 3.8) is 0 Å². The summed E-state index contributed by atoms with van der Waals surface area (Å²) < 4.78 is 42.3. The van der Waals surface area contributed by atoms with Crippen LogP contribution in [0.25, 0.3) is 10.2 Å². The minimum Gasteiger partial charge on any atom is -0.480 e. The minimum atomic E-state index is -1.70. The van der Waals surface area contributed by atoms with E-state index >= 15 is 0 Å². The molecule has 3 rings (SSSR count). The van der Waals surface area contributed by atoms with E-state index in [-0.39, 0.29) is 37.0 Å². The first-order valence-corrected chi connectivity index (χ1v) is 9.67. The molecular formula is C18H11Cl2F3N2O3S. The first-order chi connectivity index (χ1) is 13.6. The Kier molecular flexibility index (Phi) is 6.02. The van der Waals surface area contributed by atoms with Crippen molar-refractivity contribution in [1.29, 1.82) is 0 Å². The van der Waals surface area contributed by atoms with Gasteiger partial charge < -0.3 is 9.67 Å². The van der Waals surface area contributed by atoms with Crippen LogP contribution in [0.1, 0.15) is 29.7 Å². The van der Waals surface area contributed by atoms with Crippen LogP contribution in [0.2, 0.25) is 10.0 Å². The Labute approximate surface area is 175 Å². The van der Waals surface area contributed by atoms with Gasteiger partial charge in [0.25, 0.3) is 5.91 Å². The lowest BCUT2D eigenvalue weighted by Gasteiger charge is -2.13.